The molecule has 2 aromatic rings. The molecule has 0 aliphatic heterocycles. The molecule has 0 fully saturated rings. The molecule has 0 unspecified atom stereocenters. The first-order valence-corrected chi connectivity index (χ1v) is 5.61. The Morgan fingerprint density at radius 1 is 1.37 bits per heavy atom. The molecule has 0 atom stereocenters. The number of carbonyl (C=O) groups is 1. The summed E-state index contributed by atoms with van der Waals surface area (Å²) in [6, 6.07) is 1.22. The van der Waals surface area contributed by atoms with E-state index in [1.165, 1.54) is 16.9 Å². The molecule has 0 aromatic carbocycles. The van der Waals surface area contributed by atoms with Crippen molar-refractivity contribution in [2.75, 3.05) is 0 Å². The minimum atomic E-state index is -1.23. The lowest BCUT2D eigenvalue weighted by molar-refractivity contribution is 0.0683. The van der Waals surface area contributed by atoms with Crippen LogP contribution in [0.4, 0.5) is 4.39 Å². The minimum Gasteiger partial charge on any atom is -0.475 e. The van der Waals surface area contributed by atoms with Crippen molar-refractivity contribution in [2.45, 2.75) is 26.2 Å². The lowest BCUT2D eigenvalue weighted by atomic mass is 9.95. The molecule has 1 N–H and O–H groups in total. The zero-order chi connectivity index (χ0) is 14.2. The number of pyridine rings is 1. The summed E-state index contributed by atoms with van der Waals surface area (Å²) in [5, 5.41) is 12.8. The van der Waals surface area contributed by atoms with E-state index in [1.54, 1.807) is 0 Å². The molecule has 0 spiro atoms. The van der Waals surface area contributed by atoms with Crippen molar-refractivity contribution < 1.29 is 14.3 Å². The third-order valence-corrected chi connectivity index (χ3v) is 2.40. The normalized spacial score (nSPS) is 11.6. The Balaban J connectivity index is 2.64. The average Bonchev–Trinajstić information content (AvgIpc) is 2.73. The number of aromatic carboxylic acids is 1. The number of nitrogens with zero attached hydrogens (tertiary/aromatic N) is 4. The van der Waals surface area contributed by atoms with E-state index >= 15 is 0 Å². The van der Waals surface area contributed by atoms with E-state index in [0.717, 1.165) is 6.20 Å². The van der Waals surface area contributed by atoms with Crippen LogP contribution in [0.25, 0.3) is 5.69 Å². The van der Waals surface area contributed by atoms with Crippen LogP contribution in [0.5, 0.6) is 0 Å². The summed E-state index contributed by atoms with van der Waals surface area (Å²) >= 11 is 0. The number of hydrogen-bond donors (Lipinski definition) is 1. The van der Waals surface area contributed by atoms with Gasteiger partial charge in [0.2, 0.25) is 0 Å². The van der Waals surface area contributed by atoms with Gasteiger partial charge in [-0.3, -0.25) is 4.98 Å². The Morgan fingerprint density at radius 3 is 2.58 bits per heavy atom. The molecule has 0 radical (unpaired) electrons. The number of aromatic nitrogens is 4. The summed E-state index contributed by atoms with van der Waals surface area (Å²) < 4.78 is 14.5. The van der Waals surface area contributed by atoms with Gasteiger partial charge in [-0.05, 0) is 0 Å². The Morgan fingerprint density at radius 2 is 2.05 bits per heavy atom. The van der Waals surface area contributed by atoms with Crippen LogP contribution in [0, 0.1) is 5.82 Å². The highest BCUT2D eigenvalue weighted by Gasteiger charge is 2.26. The lowest BCUT2D eigenvalue weighted by Crippen LogP contribution is -2.19. The number of carboxylic acids is 1. The Hall–Kier alpha value is -2.31. The maximum absolute atomic E-state index is 13.2. The van der Waals surface area contributed by atoms with Crippen molar-refractivity contribution in [1.29, 1.82) is 0 Å². The minimum absolute atomic E-state index is 0.325. The fraction of sp³-hybridized carbons (Fsp3) is 0.333. The van der Waals surface area contributed by atoms with Crippen molar-refractivity contribution in [1.82, 2.24) is 19.7 Å². The second-order valence-corrected chi connectivity index (χ2v) is 5.09. The summed E-state index contributed by atoms with van der Waals surface area (Å²) in [5.41, 5.74) is -0.0996. The lowest BCUT2D eigenvalue weighted by Gasteiger charge is -2.17. The summed E-state index contributed by atoms with van der Waals surface area (Å²) in [5.74, 6) is -1.65. The van der Waals surface area contributed by atoms with Crippen LogP contribution in [0.15, 0.2) is 18.5 Å². The van der Waals surface area contributed by atoms with Gasteiger partial charge in [0.05, 0.1) is 18.1 Å². The first kappa shape index (κ1) is 13.1. The predicted molar refractivity (Wildman–Crippen MR) is 64.8 cm³/mol. The smallest absolute Gasteiger partial charge is 0.375 e. The van der Waals surface area contributed by atoms with E-state index in [2.05, 4.69) is 15.1 Å². The summed E-state index contributed by atoms with van der Waals surface area (Å²) in [6.07, 6.45) is 2.47. The quantitative estimate of drug-likeness (QED) is 0.894. The molecule has 2 heterocycles. The van der Waals surface area contributed by atoms with E-state index in [1.807, 2.05) is 20.8 Å². The van der Waals surface area contributed by atoms with Crippen molar-refractivity contribution in [2.24, 2.45) is 0 Å². The molecule has 6 nitrogen and oxygen atoms in total. The molecule has 2 rings (SSSR count). The molecule has 100 valence electrons. The highest BCUT2D eigenvalue weighted by molar-refractivity contribution is 5.83. The van der Waals surface area contributed by atoms with Crippen LogP contribution in [-0.4, -0.2) is 30.8 Å². The van der Waals surface area contributed by atoms with Crippen molar-refractivity contribution >= 4 is 5.97 Å². The van der Waals surface area contributed by atoms with Gasteiger partial charge < -0.3 is 5.11 Å². The molecule has 0 aliphatic carbocycles. The Labute approximate surface area is 108 Å². The first-order valence-electron chi connectivity index (χ1n) is 5.61. The molecule has 2 aromatic heterocycles. The SMILES string of the molecule is CC(C)(C)c1nc(C(=O)O)nn1-c1cncc(F)c1. The number of rotatable bonds is 2. The van der Waals surface area contributed by atoms with Crippen LogP contribution in [0.3, 0.4) is 0 Å². The van der Waals surface area contributed by atoms with Gasteiger partial charge in [0, 0.05) is 11.5 Å². The van der Waals surface area contributed by atoms with Gasteiger partial charge in [-0.1, -0.05) is 20.8 Å². The molecular formula is C12H13FN4O2. The van der Waals surface area contributed by atoms with Crippen molar-refractivity contribution in [3.05, 3.63) is 35.9 Å². The third-order valence-electron chi connectivity index (χ3n) is 2.40. The topological polar surface area (TPSA) is 80.9 Å². The number of hydrogen-bond acceptors (Lipinski definition) is 4. The second kappa shape index (κ2) is 4.42. The molecule has 7 heteroatoms. The van der Waals surface area contributed by atoms with Gasteiger partial charge in [0.15, 0.2) is 0 Å². The molecule has 19 heavy (non-hydrogen) atoms. The van der Waals surface area contributed by atoms with Gasteiger partial charge in [0.1, 0.15) is 11.6 Å². The number of carboxylic acid groups (broad SMARTS) is 1. The maximum atomic E-state index is 13.2. The van der Waals surface area contributed by atoms with Gasteiger partial charge in [0.25, 0.3) is 5.82 Å². The van der Waals surface area contributed by atoms with Gasteiger partial charge in [-0.15, -0.1) is 5.10 Å². The van der Waals surface area contributed by atoms with E-state index < -0.39 is 17.2 Å². The number of halogens is 1. The fourth-order valence-electron chi connectivity index (χ4n) is 1.58. The highest BCUT2D eigenvalue weighted by Crippen LogP contribution is 2.23. The molecule has 0 amide bonds. The third kappa shape index (κ3) is 2.59. The largest absolute Gasteiger partial charge is 0.475 e. The molecule has 0 aliphatic rings. The van der Waals surface area contributed by atoms with E-state index in [-0.39, 0.29) is 5.82 Å². The van der Waals surface area contributed by atoms with Crippen LogP contribution in [0.2, 0.25) is 0 Å². The van der Waals surface area contributed by atoms with Crippen LogP contribution < -0.4 is 0 Å². The second-order valence-electron chi connectivity index (χ2n) is 5.09. The van der Waals surface area contributed by atoms with E-state index in [4.69, 9.17) is 5.11 Å². The molecule has 0 bridgehead atoms. The van der Waals surface area contributed by atoms with Crippen molar-refractivity contribution in [3.63, 3.8) is 0 Å². The van der Waals surface area contributed by atoms with Gasteiger partial charge in [-0.25, -0.2) is 18.9 Å². The van der Waals surface area contributed by atoms with Crippen LogP contribution >= 0.6 is 0 Å². The summed E-state index contributed by atoms with van der Waals surface area (Å²) in [7, 11) is 0. The first-order chi connectivity index (χ1) is 8.79. The summed E-state index contributed by atoms with van der Waals surface area (Å²) in [6.45, 7) is 5.60. The van der Waals surface area contributed by atoms with Crippen LogP contribution in [0.1, 0.15) is 37.2 Å². The molecule has 0 saturated heterocycles. The van der Waals surface area contributed by atoms with Gasteiger partial charge >= 0.3 is 5.97 Å². The highest BCUT2D eigenvalue weighted by atomic mass is 19.1. The molecular weight excluding hydrogens is 251 g/mol. The Bertz CT molecular complexity index is 631. The van der Waals surface area contributed by atoms with E-state index in [0.29, 0.717) is 11.5 Å². The zero-order valence-electron chi connectivity index (χ0n) is 10.8. The molecule has 0 saturated carbocycles. The van der Waals surface area contributed by atoms with Gasteiger partial charge in [-0.2, -0.15) is 0 Å². The van der Waals surface area contributed by atoms with Crippen molar-refractivity contribution in [3.8, 4) is 5.69 Å². The Kier molecular flexibility index (Phi) is 3.05. The maximum Gasteiger partial charge on any atom is 0.375 e. The predicted octanol–water partition coefficient (Wildman–Crippen LogP) is 1.80. The monoisotopic (exact) mass is 264 g/mol. The van der Waals surface area contributed by atoms with Crippen LogP contribution in [-0.2, 0) is 5.41 Å². The fourth-order valence-corrected chi connectivity index (χ4v) is 1.58. The average molecular weight is 264 g/mol. The zero-order valence-corrected chi connectivity index (χ0v) is 10.8. The van der Waals surface area contributed by atoms with E-state index in [9.17, 15) is 9.18 Å². The standard InChI is InChI=1S/C12H13FN4O2/c1-12(2,3)11-15-9(10(18)19)16-17(11)8-4-7(13)5-14-6-8/h4-6H,1-3H3,(H,18,19). The summed E-state index contributed by atoms with van der Waals surface area (Å²) in [4.78, 5) is 18.7.